The zero-order chi connectivity index (χ0) is 14.1. The van der Waals surface area contributed by atoms with E-state index < -0.39 is 73.5 Å². The molecule has 0 saturated carbocycles. The molecule has 4 heteroatoms. The van der Waals surface area contributed by atoms with Crippen LogP contribution >= 0.6 is 0 Å². The third kappa shape index (κ3) is 12.6. The molecule has 0 aliphatic carbocycles. The van der Waals surface area contributed by atoms with Crippen LogP contribution in [0.15, 0.2) is 0 Å². The molecule has 0 aliphatic heterocycles. The first-order chi connectivity index (χ1) is 7.12. The molecule has 0 rings (SSSR count). The first-order valence-corrected chi connectivity index (χ1v) is 47.8. The van der Waals surface area contributed by atoms with E-state index in [1.165, 1.54) is 0 Å². The minimum atomic E-state index is -1.70. The molecular formula is C13H36Sn4. The molecule has 0 aromatic heterocycles. The van der Waals surface area contributed by atoms with Gasteiger partial charge in [0.05, 0.1) is 0 Å². The van der Waals surface area contributed by atoms with Gasteiger partial charge in [-0.3, -0.25) is 0 Å². The zero-order valence-electron chi connectivity index (χ0n) is 14.1. The Kier molecular flexibility index (Phi) is 8.28. The summed E-state index contributed by atoms with van der Waals surface area (Å²) in [6.45, 7) is 0. The summed E-state index contributed by atoms with van der Waals surface area (Å²) in [7, 11) is 0. The average molecular weight is 667 g/mol. The van der Waals surface area contributed by atoms with Crippen molar-refractivity contribution >= 4 is 73.5 Å². The molecule has 104 valence electrons. The first kappa shape index (κ1) is 20.2. The van der Waals surface area contributed by atoms with E-state index in [2.05, 4.69) is 49.4 Å². The predicted molar refractivity (Wildman–Crippen MR) is 96.1 cm³/mol. The van der Waals surface area contributed by atoms with Crippen LogP contribution in [0.3, 0.4) is 0 Å². The SMILES string of the molecule is [CH3][Sn]([CH3])([CH3])[CH2][Sn]([CH3])([CH2][Sn]([CH3])([CH3])[CH3])[CH2][Sn]([CH3])([CH3])[CH3]. The molecule has 0 spiro atoms. The quantitative estimate of drug-likeness (QED) is 0.320. The second-order valence-electron chi connectivity index (χ2n) is 10.0. The van der Waals surface area contributed by atoms with E-state index in [4.69, 9.17) is 0 Å². The van der Waals surface area contributed by atoms with Gasteiger partial charge in [-0.05, 0) is 0 Å². The second kappa shape index (κ2) is 6.97. The summed E-state index contributed by atoms with van der Waals surface area (Å²) < 4.78 is 5.52. The maximum atomic E-state index is 2.86. The summed E-state index contributed by atoms with van der Waals surface area (Å²) in [6.07, 6.45) is 0. The van der Waals surface area contributed by atoms with Crippen LogP contribution in [0.2, 0.25) is 56.8 Å². The van der Waals surface area contributed by atoms with E-state index in [0.29, 0.717) is 0 Å². The normalized spacial score (nSPS) is 15.2. The Morgan fingerprint density at radius 3 is 0.706 bits per heavy atom. The Hall–Kier alpha value is 3.19. The van der Waals surface area contributed by atoms with E-state index in [9.17, 15) is 0 Å². The molecule has 0 aliphatic rings. The van der Waals surface area contributed by atoms with Crippen LogP contribution in [0.1, 0.15) is 0 Å². The van der Waals surface area contributed by atoms with E-state index >= 15 is 0 Å². The van der Waals surface area contributed by atoms with Gasteiger partial charge in [0.2, 0.25) is 0 Å². The van der Waals surface area contributed by atoms with Crippen LogP contribution in [-0.2, 0) is 0 Å². The third-order valence-electron chi connectivity index (χ3n) is 2.87. The van der Waals surface area contributed by atoms with Gasteiger partial charge in [-0.25, -0.2) is 0 Å². The monoisotopic (exact) mass is 672 g/mol. The van der Waals surface area contributed by atoms with Gasteiger partial charge < -0.3 is 0 Å². The van der Waals surface area contributed by atoms with Crippen molar-refractivity contribution in [3.63, 3.8) is 0 Å². The number of hydrogen-bond acceptors (Lipinski definition) is 0. The minimum absolute atomic E-state index is 1.56. The van der Waals surface area contributed by atoms with Crippen LogP contribution in [0.5, 0.6) is 0 Å². The van der Waals surface area contributed by atoms with E-state index in [0.717, 1.165) is 0 Å². The van der Waals surface area contributed by atoms with Crippen molar-refractivity contribution in [3.8, 4) is 0 Å². The molecule has 0 fully saturated rings. The van der Waals surface area contributed by atoms with Crippen molar-refractivity contribution < 1.29 is 0 Å². The molecule has 0 saturated heterocycles. The summed E-state index contributed by atoms with van der Waals surface area (Å²) in [4.78, 5) is 27.0. The predicted octanol–water partition coefficient (Wildman–Crippen LogP) is 5.70. The molecule has 0 radical (unpaired) electrons. The average Bonchev–Trinajstić information content (AvgIpc) is 1.65. The van der Waals surface area contributed by atoms with Gasteiger partial charge in [0.1, 0.15) is 0 Å². The van der Waals surface area contributed by atoms with Crippen molar-refractivity contribution in [2.24, 2.45) is 0 Å². The molecule has 0 aromatic carbocycles. The molecule has 0 aromatic rings. The van der Waals surface area contributed by atoms with Gasteiger partial charge in [-0.1, -0.05) is 0 Å². The Bertz CT molecular complexity index is 199. The van der Waals surface area contributed by atoms with Gasteiger partial charge in [0.25, 0.3) is 0 Å². The molecule has 0 nitrogen and oxygen atoms in total. The van der Waals surface area contributed by atoms with Gasteiger partial charge in [0, 0.05) is 0 Å². The van der Waals surface area contributed by atoms with Crippen molar-refractivity contribution in [2.45, 2.75) is 56.8 Å². The fraction of sp³-hybridized carbons (Fsp3) is 1.00. The first-order valence-electron chi connectivity index (χ1n) is 7.12. The molecule has 0 amide bonds. The molecule has 0 unspecified atom stereocenters. The van der Waals surface area contributed by atoms with E-state index in [1.807, 2.05) is 7.36 Å². The van der Waals surface area contributed by atoms with Gasteiger partial charge in [0.15, 0.2) is 0 Å². The van der Waals surface area contributed by atoms with Crippen molar-refractivity contribution in [1.82, 2.24) is 0 Å². The molecule has 0 heterocycles. The topological polar surface area (TPSA) is 0 Å². The van der Waals surface area contributed by atoms with Crippen LogP contribution in [-0.4, -0.2) is 73.5 Å². The van der Waals surface area contributed by atoms with Gasteiger partial charge >= 0.3 is 130 Å². The van der Waals surface area contributed by atoms with Crippen LogP contribution in [0.4, 0.5) is 0 Å². The standard InChI is InChI=1S/10CH3.3CH2.4Sn/h10*1H3;3*1H2;;;;. The van der Waals surface area contributed by atoms with Gasteiger partial charge in [-0.15, -0.1) is 0 Å². The fourth-order valence-electron chi connectivity index (χ4n) is 4.03. The Morgan fingerprint density at radius 2 is 0.588 bits per heavy atom. The summed E-state index contributed by atoms with van der Waals surface area (Å²) in [5, 5.41) is 0. The number of hydrogen-bond donors (Lipinski definition) is 0. The molecule has 0 bridgehead atoms. The van der Waals surface area contributed by atoms with E-state index in [1.54, 1.807) is 0 Å². The molecule has 17 heavy (non-hydrogen) atoms. The third-order valence-corrected chi connectivity index (χ3v) is 129. The zero-order valence-corrected chi connectivity index (χ0v) is 25.5. The molecular weight excluding hydrogens is 631 g/mol. The maximum absolute atomic E-state index is 2.86. The van der Waals surface area contributed by atoms with Gasteiger partial charge in [-0.2, -0.15) is 0 Å². The van der Waals surface area contributed by atoms with E-state index in [-0.39, 0.29) is 0 Å². The fourth-order valence-corrected chi connectivity index (χ4v) is 229. The van der Waals surface area contributed by atoms with Crippen molar-refractivity contribution in [3.05, 3.63) is 0 Å². The van der Waals surface area contributed by atoms with Crippen LogP contribution in [0, 0.1) is 0 Å². The Morgan fingerprint density at radius 1 is 0.412 bits per heavy atom. The summed E-state index contributed by atoms with van der Waals surface area (Å²) in [5.74, 6) is 0. The number of rotatable bonds is 6. The molecule has 0 atom stereocenters. The Balaban J connectivity index is 4.95. The van der Waals surface area contributed by atoms with Crippen molar-refractivity contribution in [1.29, 1.82) is 0 Å². The summed E-state index contributed by atoms with van der Waals surface area (Å²) >= 11 is -6.37. The Labute approximate surface area is 128 Å². The van der Waals surface area contributed by atoms with Crippen molar-refractivity contribution in [2.75, 3.05) is 0 Å². The van der Waals surface area contributed by atoms with Crippen LogP contribution < -0.4 is 0 Å². The summed E-state index contributed by atoms with van der Waals surface area (Å²) in [5.41, 5.74) is 0. The summed E-state index contributed by atoms with van der Waals surface area (Å²) in [6, 6.07) is 0. The van der Waals surface area contributed by atoms with Crippen LogP contribution in [0.25, 0.3) is 0 Å². The second-order valence-corrected chi connectivity index (χ2v) is 87.5. The molecule has 0 N–H and O–H groups in total.